The van der Waals surface area contributed by atoms with Crippen molar-refractivity contribution < 1.29 is 13.2 Å². The van der Waals surface area contributed by atoms with Crippen molar-refractivity contribution in [1.82, 2.24) is 5.32 Å². The van der Waals surface area contributed by atoms with Crippen LogP contribution < -0.4 is 15.8 Å². The van der Waals surface area contributed by atoms with E-state index in [0.717, 1.165) is 19.4 Å². The minimum atomic E-state index is -3.70. The van der Waals surface area contributed by atoms with Gasteiger partial charge in [-0.15, -0.1) is 0 Å². The number of nitrogens with one attached hydrogen (secondary N) is 2. The second-order valence-corrected chi connectivity index (χ2v) is 7.06. The van der Waals surface area contributed by atoms with Gasteiger partial charge >= 0.3 is 0 Å². The minimum Gasteiger partial charge on any atom is -0.326 e. The van der Waals surface area contributed by atoms with Crippen LogP contribution >= 0.6 is 0 Å². The van der Waals surface area contributed by atoms with Crippen molar-refractivity contribution in [2.24, 2.45) is 11.1 Å². The summed E-state index contributed by atoms with van der Waals surface area (Å²) in [6.07, 6.45) is 2.69. The highest BCUT2D eigenvalue weighted by atomic mass is 32.2. The summed E-state index contributed by atoms with van der Waals surface area (Å²) in [5.74, 6) is 0.402. The molecule has 0 saturated carbocycles. The largest absolute Gasteiger partial charge is 0.326 e. The van der Waals surface area contributed by atoms with Crippen LogP contribution in [0, 0.1) is 5.92 Å². The van der Waals surface area contributed by atoms with E-state index in [9.17, 15) is 13.2 Å². The Labute approximate surface area is 125 Å². The fraction of sp³-hybridized carbons (Fsp3) is 0.500. The molecule has 0 bridgehead atoms. The first-order valence-electron chi connectivity index (χ1n) is 7.02. The van der Waals surface area contributed by atoms with E-state index >= 15 is 0 Å². The van der Waals surface area contributed by atoms with E-state index < -0.39 is 10.0 Å². The number of primary sulfonamides is 1. The zero-order valence-electron chi connectivity index (χ0n) is 12.0. The van der Waals surface area contributed by atoms with E-state index in [0.29, 0.717) is 18.0 Å². The van der Waals surface area contributed by atoms with Crippen molar-refractivity contribution >= 4 is 21.6 Å². The van der Waals surface area contributed by atoms with Gasteiger partial charge in [0.1, 0.15) is 0 Å². The Balaban J connectivity index is 1.93. The van der Waals surface area contributed by atoms with Gasteiger partial charge in [-0.3, -0.25) is 4.79 Å². The molecule has 1 fully saturated rings. The molecule has 1 aliphatic heterocycles. The lowest BCUT2D eigenvalue weighted by molar-refractivity contribution is -0.117. The van der Waals surface area contributed by atoms with Crippen LogP contribution in [-0.2, 0) is 14.8 Å². The van der Waals surface area contributed by atoms with E-state index in [1.165, 1.54) is 24.3 Å². The van der Waals surface area contributed by atoms with Crippen molar-refractivity contribution in [3.05, 3.63) is 24.3 Å². The molecule has 0 radical (unpaired) electrons. The third-order valence-electron chi connectivity index (χ3n) is 3.80. The second kappa shape index (κ2) is 6.55. The van der Waals surface area contributed by atoms with Gasteiger partial charge in [0.15, 0.2) is 0 Å². The fourth-order valence-electron chi connectivity index (χ4n) is 2.53. The number of benzene rings is 1. The zero-order valence-corrected chi connectivity index (χ0v) is 12.8. The molecule has 1 heterocycles. The van der Waals surface area contributed by atoms with Crippen LogP contribution in [-0.4, -0.2) is 26.9 Å². The summed E-state index contributed by atoms with van der Waals surface area (Å²) in [6, 6.07) is 6.03. The average molecular weight is 311 g/mol. The number of piperidine rings is 1. The predicted molar refractivity (Wildman–Crippen MR) is 81.3 cm³/mol. The van der Waals surface area contributed by atoms with Gasteiger partial charge < -0.3 is 10.6 Å². The van der Waals surface area contributed by atoms with Crippen LogP contribution in [0.2, 0.25) is 0 Å². The van der Waals surface area contributed by atoms with Crippen LogP contribution in [0.5, 0.6) is 0 Å². The van der Waals surface area contributed by atoms with Crippen molar-refractivity contribution in [3.63, 3.8) is 0 Å². The SMILES string of the molecule is CC1CCCNC1CC(=O)Nc1ccc(S(N)(=O)=O)cc1. The van der Waals surface area contributed by atoms with E-state index in [-0.39, 0.29) is 16.8 Å². The minimum absolute atomic E-state index is 0.0306. The molecule has 6 nitrogen and oxygen atoms in total. The van der Waals surface area contributed by atoms with Gasteiger partial charge in [-0.05, 0) is 49.6 Å². The monoisotopic (exact) mass is 311 g/mol. The second-order valence-electron chi connectivity index (χ2n) is 5.50. The number of anilines is 1. The lowest BCUT2D eigenvalue weighted by Crippen LogP contribution is -2.42. The third-order valence-corrected chi connectivity index (χ3v) is 4.73. The highest BCUT2D eigenvalue weighted by Gasteiger charge is 2.23. The molecule has 1 aromatic carbocycles. The van der Waals surface area contributed by atoms with E-state index in [2.05, 4.69) is 17.6 Å². The molecule has 7 heteroatoms. The Bertz CT molecular complexity index is 598. The Morgan fingerprint density at radius 2 is 2.05 bits per heavy atom. The average Bonchev–Trinajstić information content (AvgIpc) is 2.41. The smallest absolute Gasteiger partial charge is 0.238 e. The Hall–Kier alpha value is -1.44. The van der Waals surface area contributed by atoms with Crippen molar-refractivity contribution in [3.8, 4) is 0 Å². The topological polar surface area (TPSA) is 101 Å². The fourth-order valence-corrected chi connectivity index (χ4v) is 3.04. The standard InChI is InChI=1S/C14H21N3O3S/c1-10-3-2-8-16-13(10)9-14(18)17-11-4-6-12(7-5-11)21(15,19)20/h4-7,10,13,16H,2-3,8-9H2,1H3,(H,17,18)(H2,15,19,20). The van der Waals surface area contributed by atoms with Gasteiger partial charge in [0.05, 0.1) is 4.90 Å². The Morgan fingerprint density at radius 3 is 2.62 bits per heavy atom. The van der Waals surface area contributed by atoms with Crippen molar-refractivity contribution in [2.75, 3.05) is 11.9 Å². The molecule has 4 N–H and O–H groups in total. The summed E-state index contributed by atoms with van der Waals surface area (Å²) in [6.45, 7) is 3.09. The van der Waals surface area contributed by atoms with Gasteiger partial charge in [-0.25, -0.2) is 13.6 Å². The number of carbonyl (C=O) groups is 1. The first kappa shape index (κ1) is 15.9. The van der Waals surface area contributed by atoms with Gasteiger partial charge in [0.2, 0.25) is 15.9 Å². The molecule has 0 aromatic heterocycles. The van der Waals surface area contributed by atoms with Crippen LogP contribution in [0.25, 0.3) is 0 Å². The third kappa shape index (κ3) is 4.52. The summed E-state index contributed by atoms with van der Waals surface area (Å²) >= 11 is 0. The van der Waals surface area contributed by atoms with Crippen LogP contribution in [0.15, 0.2) is 29.2 Å². The molecule has 1 aromatic rings. The molecule has 2 atom stereocenters. The molecule has 116 valence electrons. The number of rotatable bonds is 4. The maximum absolute atomic E-state index is 12.0. The van der Waals surface area contributed by atoms with E-state index in [1.807, 2.05) is 0 Å². The van der Waals surface area contributed by atoms with Crippen LogP contribution in [0.1, 0.15) is 26.2 Å². The molecular weight excluding hydrogens is 290 g/mol. The molecule has 1 aliphatic rings. The van der Waals surface area contributed by atoms with Crippen molar-refractivity contribution in [2.45, 2.75) is 37.1 Å². The van der Waals surface area contributed by atoms with Crippen molar-refractivity contribution in [1.29, 1.82) is 0 Å². The lowest BCUT2D eigenvalue weighted by atomic mass is 9.90. The summed E-state index contributed by atoms with van der Waals surface area (Å²) in [5.41, 5.74) is 0.566. The van der Waals surface area contributed by atoms with Gasteiger partial charge in [0, 0.05) is 18.2 Å². The van der Waals surface area contributed by atoms with Gasteiger partial charge in [-0.1, -0.05) is 6.92 Å². The highest BCUT2D eigenvalue weighted by Crippen LogP contribution is 2.19. The summed E-state index contributed by atoms with van der Waals surface area (Å²) in [7, 11) is -3.70. The van der Waals surface area contributed by atoms with E-state index in [1.54, 1.807) is 0 Å². The van der Waals surface area contributed by atoms with Gasteiger partial charge in [0.25, 0.3) is 0 Å². The molecular formula is C14H21N3O3S. The quantitative estimate of drug-likeness (QED) is 0.773. The Morgan fingerprint density at radius 1 is 1.38 bits per heavy atom. The van der Waals surface area contributed by atoms with Gasteiger partial charge in [-0.2, -0.15) is 0 Å². The Kier molecular flexibility index (Phi) is 4.97. The zero-order chi connectivity index (χ0) is 15.5. The molecule has 2 unspecified atom stereocenters. The number of hydrogen-bond donors (Lipinski definition) is 3. The maximum atomic E-state index is 12.0. The first-order valence-corrected chi connectivity index (χ1v) is 8.57. The number of sulfonamides is 1. The van der Waals surface area contributed by atoms with Crippen LogP contribution in [0.3, 0.4) is 0 Å². The van der Waals surface area contributed by atoms with Crippen LogP contribution in [0.4, 0.5) is 5.69 Å². The number of nitrogens with two attached hydrogens (primary N) is 1. The van der Waals surface area contributed by atoms with E-state index in [4.69, 9.17) is 5.14 Å². The molecule has 0 spiro atoms. The predicted octanol–water partition coefficient (Wildman–Crippen LogP) is 1.05. The molecule has 2 rings (SSSR count). The summed E-state index contributed by atoms with van der Waals surface area (Å²) < 4.78 is 22.3. The summed E-state index contributed by atoms with van der Waals surface area (Å²) in [4.78, 5) is 12.0. The normalized spacial score (nSPS) is 22.8. The number of amides is 1. The number of carbonyl (C=O) groups excluding carboxylic acids is 1. The molecule has 1 saturated heterocycles. The first-order chi connectivity index (χ1) is 9.86. The molecule has 21 heavy (non-hydrogen) atoms. The summed E-state index contributed by atoms with van der Waals surface area (Å²) in [5, 5.41) is 11.2. The number of hydrogen-bond acceptors (Lipinski definition) is 4. The molecule has 0 aliphatic carbocycles. The lowest BCUT2D eigenvalue weighted by Gasteiger charge is -2.29. The maximum Gasteiger partial charge on any atom is 0.238 e. The highest BCUT2D eigenvalue weighted by molar-refractivity contribution is 7.89. The molecule has 1 amide bonds.